The summed E-state index contributed by atoms with van der Waals surface area (Å²) in [5.41, 5.74) is -4.77. The molecule has 0 saturated heterocycles. The number of carboxylic acid groups (broad SMARTS) is 1. The molecule has 0 aromatic heterocycles. The summed E-state index contributed by atoms with van der Waals surface area (Å²) in [6.45, 7) is 1.31. The van der Waals surface area contributed by atoms with Crippen molar-refractivity contribution in [2.24, 2.45) is 5.92 Å². The van der Waals surface area contributed by atoms with Crippen LogP contribution in [0.15, 0.2) is 11.6 Å². The fourth-order valence-electron chi connectivity index (χ4n) is 4.31. The van der Waals surface area contributed by atoms with E-state index in [0.29, 0.717) is 18.4 Å². The topological polar surface area (TPSA) is 116 Å². The molecule has 1 N–H and O–H groups in total. The average molecular weight is 492 g/mol. The van der Waals surface area contributed by atoms with Gasteiger partial charge < -0.3 is 18.8 Å². The smallest absolute Gasteiger partial charge is 0.496 e. The average Bonchev–Trinajstić information content (AvgIpc) is 3.10. The first-order valence-corrected chi connectivity index (χ1v) is 11.6. The summed E-state index contributed by atoms with van der Waals surface area (Å²) in [6, 6.07) is 0. The molecule has 1 saturated carbocycles. The minimum Gasteiger partial charge on any atom is -0.496 e. The second-order valence-electron chi connectivity index (χ2n) is 7.90. The van der Waals surface area contributed by atoms with Crippen LogP contribution in [0.25, 0.3) is 0 Å². The van der Waals surface area contributed by atoms with E-state index in [4.69, 9.17) is 9.47 Å². The number of aliphatic carboxylic acids is 1. The molecule has 1 fully saturated rings. The molecule has 12 heteroatoms. The maximum atomic E-state index is 13.1. The Hall–Kier alpha value is -2.76. The molecule has 1 heterocycles. The lowest BCUT2D eigenvalue weighted by molar-refractivity contribution is -0.137. The van der Waals surface area contributed by atoms with Crippen LogP contribution in [-0.2, 0) is 32.7 Å². The van der Waals surface area contributed by atoms with Crippen molar-refractivity contribution in [3.8, 4) is 11.5 Å². The Balaban J connectivity index is 2.15. The van der Waals surface area contributed by atoms with Crippen molar-refractivity contribution >= 4 is 22.1 Å². The van der Waals surface area contributed by atoms with Crippen molar-refractivity contribution in [3.63, 3.8) is 0 Å². The molecule has 1 atom stereocenters. The third-order valence-corrected chi connectivity index (χ3v) is 6.84. The molecule has 33 heavy (non-hydrogen) atoms. The number of carboxylic acids is 1. The van der Waals surface area contributed by atoms with Gasteiger partial charge in [0.15, 0.2) is 5.75 Å². The number of allylic oxidation sites excluding steroid dienone is 2. The van der Waals surface area contributed by atoms with E-state index in [-0.39, 0.29) is 47.8 Å². The Labute approximate surface area is 188 Å². The predicted octanol–water partition coefficient (Wildman–Crippen LogP) is 4.04. The molecule has 3 rings (SSSR count). The number of halogens is 3. The summed E-state index contributed by atoms with van der Waals surface area (Å²) < 4.78 is 77.7. The van der Waals surface area contributed by atoms with Gasteiger partial charge in [-0.25, -0.2) is 4.79 Å². The van der Waals surface area contributed by atoms with Crippen molar-refractivity contribution in [1.29, 1.82) is 0 Å². The zero-order valence-electron chi connectivity index (χ0n) is 18.0. The fourth-order valence-corrected chi connectivity index (χ4v) is 4.81. The number of esters is 1. The molecule has 0 spiro atoms. The van der Waals surface area contributed by atoms with Gasteiger partial charge in [0, 0.05) is 11.1 Å². The van der Waals surface area contributed by atoms with Crippen LogP contribution in [0.5, 0.6) is 11.5 Å². The SMILES string of the molecule is COc1c(C)c2c(c(OS(=O)(=O)C(F)(F)F)c1C/C=C1\CCCCC1CC(=O)O)C(=O)OC2. The van der Waals surface area contributed by atoms with Crippen molar-refractivity contribution in [2.45, 2.75) is 57.6 Å². The van der Waals surface area contributed by atoms with Gasteiger partial charge >= 0.3 is 27.6 Å². The van der Waals surface area contributed by atoms with E-state index in [1.165, 1.54) is 7.11 Å². The van der Waals surface area contributed by atoms with Gasteiger partial charge in [0.05, 0.1) is 13.5 Å². The monoisotopic (exact) mass is 492 g/mol. The molecule has 1 aliphatic heterocycles. The highest BCUT2D eigenvalue weighted by Gasteiger charge is 2.50. The van der Waals surface area contributed by atoms with Crippen molar-refractivity contribution in [3.05, 3.63) is 33.9 Å². The second-order valence-corrected chi connectivity index (χ2v) is 9.44. The summed E-state index contributed by atoms with van der Waals surface area (Å²) in [5.74, 6) is -2.93. The van der Waals surface area contributed by atoms with E-state index in [0.717, 1.165) is 18.4 Å². The lowest BCUT2D eigenvalue weighted by atomic mass is 9.81. The molecule has 0 bridgehead atoms. The summed E-state index contributed by atoms with van der Waals surface area (Å²) in [7, 11) is -4.82. The number of hydrogen-bond donors (Lipinski definition) is 1. The lowest BCUT2D eigenvalue weighted by Gasteiger charge is -2.25. The number of carbonyl (C=O) groups excluding carboxylic acids is 1. The van der Waals surface area contributed by atoms with E-state index in [2.05, 4.69) is 4.18 Å². The van der Waals surface area contributed by atoms with E-state index < -0.39 is 33.3 Å². The molecule has 2 aliphatic rings. The van der Waals surface area contributed by atoms with Crippen LogP contribution in [-0.4, -0.2) is 38.1 Å². The van der Waals surface area contributed by atoms with Gasteiger partial charge in [0.25, 0.3) is 0 Å². The lowest BCUT2D eigenvalue weighted by Crippen LogP contribution is -2.29. The van der Waals surface area contributed by atoms with E-state index >= 15 is 0 Å². The number of alkyl halides is 3. The maximum Gasteiger partial charge on any atom is 0.534 e. The quantitative estimate of drug-likeness (QED) is 0.262. The number of rotatable bonds is 7. The maximum absolute atomic E-state index is 13.1. The number of hydrogen-bond acceptors (Lipinski definition) is 7. The Kier molecular flexibility index (Phi) is 6.96. The van der Waals surface area contributed by atoms with Crippen LogP contribution < -0.4 is 8.92 Å². The van der Waals surface area contributed by atoms with Crippen LogP contribution in [0.2, 0.25) is 0 Å². The van der Waals surface area contributed by atoms with E-state index in [1.54, 1.807) is 13.0 Å². The minimum atomic E-state index is -6.09. The third kappa shape index (κ3) is 4.94. The van der Waals surface area contributed by atoms with Gasteiger partial charge in [-0.3, -0.25) is 4.79 Å². The second kappa shape index (κ2) is 9.24. The van der Waals surface area contributed by atoms with Crippen LogP contribution >= 0.6 is 0 Å². The van der Waals surface area contributed by atoms with Crippen molar-refractivity contribution in [2.75, 3.05) is 7.11 Å². The van der Waals surface area contributed by atoms with Gasteiger partial charge in [0.1, 0.15) is 17.9 Å². The van der Waals surface area contributed by atoms with Crippen LogP contribution in [0, 0.1) is 12.8 Å². The molecule has 0 radical (unpaired) electrons. The van der Waals surface area contributed by atoms with E-state index in [9.17, 15) is 36.3 Å². The summed E-state index contributed by atoms with van der Waals surface area (Å²) >= 11 is 0. The standard InChI is InChI=1S/C21H23F3O8S/c1-11-15-10-31-20(27)17(15)19(32-33(28,29)21(22,23)24)14(18(11)30-2)8-7-12-5-3-4-6-13(12)9-16(25)26/h7,13H,3-6,8-10H2,1-2H3,(H,25,26)/b12-7+. The van der Waals surface area contributed by atoms with Crippen LogP contribution in [0.3, 0.4) is 0 Å². The highest BCUT2D eigenvalue weighted by atomic mass is 32.2. The first kappa shape index (κ1) is 24.9. The van der Waals surface area contributed by atoms with Gasteiger partial charge in [-0.15, -0.1) is 0 Å². The zero-order chi connectivity index (χ0) is 24.6. The highest BCUT2D eigenvalue weighted by molar-refractivity contribution is 7.88. The number of cyclic esters (lactones) is 1. The van der Waals surface area contributed by atoms with Gasteiger partial charge in [-0.1, -0.05) is 18.1 Å². The summed E-state index contributed by atoms with van der Waals surface area (Å²) in [4.78, 5) is 23.5. The molecule has 1 unspecified atom stereocenters. The molecule has 182 valence electrons. The Morgan fingerprint density at radius 3 is 2.58 bits per heavy atom. The fraction of sp³-hybridized carbons (Fsp3) is 0.524. The zero-order valence-corrected chi connectivity index (χ0v) is 18.8. The first-order chi connectivity index (χ1) is 15.4. The first-order valence-electron chi connectivity index (χ1n) is 10.2. The Bertz CT molecular complexity index is 1110. The van der Waals surface area contributed by atoms with Gasteiger partial charge in [-0.2, -0.15) is 21.6 Å². The molecule has 1 aromatic carbocycles. The summed E-state index contributed by atoms with van der Waals surface area (Å²) in [6.07, 6.45) is 4.35. The third-order valence-electron chi connectivity index (χ3n) is 5.88. The van der Waals surface area contributed by atoms with Crippen molar-refractivity contribution in [1.82, 2.24) is 0 Å². The van der Waals surface area contributed by atoms with Crippen molar-refractivity contribution < 1.29 is 49.9 Å². The molecule has 0 amide bonds. The molecule has 8 nitrogen and oxygen atoms in total. The Morgan fingerprint density at radius 1 is 1.27 bits per heavy atom. The normalized spacial score (nSPS) is 19.8. The van der Waals surface area contributed by atoms with Crippen LogP contribution in [0.4, 0.5) is 13.2 Å². The predicted molar refractivity (Wildman–Crippen MR) is 108 cm³/mol. The molecular formula is C21H23F3O8S. The largest absolute Gasteiger partial charge is 0.534 e. The summed E-state index contributed by atoms with van der Waals surface area (Å²) in [5, 5.41) is 9.18. The molecular weight excluding hydrogens is 469 g/mol. The number of carbonyl (C=O) groups is 2. The number of ether oxygens (including phenoxy) is 2. The van der Waals surface area contributed by atoms with Crippen LogP contribution in [0.1, 0.15) is 59.2 Å². The number of fused-ring (bicyclic) bond motifs is 1. The number of methoxy groups -OCH3 is 1. The molecule has 1 aliphatic carbocycles. The van der Waals surface area contributed by atoms with Gasteiger partial charge in [-0.05, 0) is 44.1 Å². The highest BCUT2D eigenvalue weighted by Crippen LogP contribution is 2.45. The minimum absolute atomic E-state index is 0.0624. The molecule has 1 aromatic rings. The van der Waals surface area contributed by atoms with E-state index in [1.807, 2.05) is 0 Å². The van der Waals surface area contributed by atoms with Gasteiger partial charge in [0.2, 0.25) is 0 Å². The number of benzene rings is 1. The Morgan fingerprint density at radius 2 is 1.97 bits per heavy atom.